The minimum Gasteiger partial charge on any atom is -0.461 e. The molecule has 5 aliphatic rings. The van der Waals surface area contributed by atoms with Crippen molar-refractivity contribution in [3.63, 3.8) is 0 Å². The minimum absolute atomic E-state index is 0.0976. The number of hydrogen-bond acceptors (Lipinski definition) is 7. The van der Waals surface area contributed by atoms with Gasteiger partial charge >= 0.3 is 5.97 Å². The van der Waals surface area contributed by atoms with Crippen LogP contribution in [-0.2, 0) is 41.4 Å². The third kappa shape index (κ3) is 4.42. The van der Waals surface area contributed by atoms with Crippen LogP contribution in [0.25, 0.3) is 0 Å². The number of Topliss-reactive ketones (excluding diaryl/α,β-unsaturated/α-hetero) is 1. The minimum atomic E-state index is -1.87. The highest BCUT2D eigenvalue weighted by Gasteiger charge is 2.79. The Morgan fingerprint density at radius 2 is 1.89 bits per heavy atom. The molecule has 3 aliphatic carbocycles. The number of rotatable bonds is 7. The number of halogens is 2. The Bertz CT molecular complexity index is 1670. The molecule has 45 heavy (non-hydrogen) atoms. The molecule has 2 aliphatic heterocycles. The molecule has 0 radical (unpaired) electrons. The van der Waals surface area contributed by atoms with E-state index in [1.165, 1.54) is 0 Å². The van der Waals surface area contributed by atoms with Crippen LogP contribution in [0.15, 0.2) is 84.0 Å². The van der Waals surface area contributed by atoms with Crippen molar-refractivity contribution in [3.8, 4) is 0 Å². The van der Waals surface area contributed by atoms with E-state index in [-0.39, 0.29) is 30.9 Å². The van der Waals surface area contributed by atoms with Crippen molar-refractivity contribution in [2.24, 2.45) is 17.8 Å². The van der Waals surface area contributed by atoms with Crippen molar-refractivity contribution in [2.45, 2.75) is 75.3 Å². The van der Waals surface area contributed by atoms with Gasteiger partial charge in [0, 0.05) is 23.8 Å². The highest BCUT2D eigenvalue weighted by Crippen LogP contribution is 2.68. The standard InChI is InChI=1S/C36H36F2O7/c1-20(2)34-16-22(4)36-27(32(34)43-35(44-34,45-36)18-23-8-6-5-7-9-23)13-24(17-33(41)29(36)12-21(3)31(33)40)19-42-30(39)15-25-14-26(37)10-11-28(25)38/h5-14,22,27,29,32,41H,1,15-19H2,2-4H3/t22-,27+,29-,32-,33-,34+,35?,36-/m1/s1. The van der Waals surface area contributed by atoms with Crippen LogP contribution >= 0.6 is 0 Å². The molecule has 7 rings (SSSR count). The molecule has 2 heterocycles. The number of aliphatic hydroxyl groups is 1. The Hall–Kier alpha value is -3.50. The summed E-state index contributed by atoms with van der Waals surface area (Å²) in [6.07, 6.45) is 3.37. The molecular weight excluding hydrogens is 582 g/mol. The van der Waals surface area contributed by atoms with Crippen molar-refractivity contribution in [1.82, 2.24) is 0 Å². The summed E-state index contributed by atoms with van der Waals surface area (Å²) < 4.78 is 54.2. The number of hydrogen-bond donors (Lipinski definition) is 1. The lowest BCUT2D eigenvalue weighted by atomic mass is 9.55. The summed E-state index contributed by atoms with van der Waals surface area (Å²) in [7, 11) is 0. The molecule has 1 N–H and O–H groups in total. The van der Waals surface area contributed by atoms with E-state index in [0.717, 1.165) is 29.3 Å². The smallest absolute Gasteiger partial charge is 0.310 e. The molecule has 9 heteroatoms. The molecule has 0 aromatic heterocycles. The van der Waals surface area contributed by atoms with E-state index in [1.54, 1.807) is 6.92 Å². The molecule has 1 unspecified atom stereocenters. The lowest BCUT2D eigenvalue weighted by Gasteiger charge is -2.59. The van der Waals surface area contributed by atoms with E-state index in [9.17, 15) is 23.5 Å². The first-order chi connectivity index (χ1) is 21.3. The Balaban J connectivity index is 1.29. The Labute approximate surface area is 260 Å². The van der Waals surface area contributed by atoms with E-state index >= 15 is 0 Å². The quantitative estimate of drug-likeness (QED) is 0.332. The molecule has 2 aromatic rings. The van der Waals surface area contributed by atoms with E-state index in [2.05, 4.69) is 6.58 Å². The highest BCUT2D eigenvalue weighted by molar-refractivity contribution is 6.04. The zero-order chi connectivity index (χ0) is 31.9. The first-order valence-corrected chi connectivity index (χ1v) is 15.3. The van der Waals surface area contributed by atoms with Crippen LogP contribution in [0.1, 0.15) is 44.7 Å². The van der Waals surface area contributed by atoms with Crippen molar-refractivity contribution in [2.75, 3.05) is 6.61 Å². The first kappa shape index (κ1) is 30.2. The van der Waals surface area contributed by atoms with E-state index < -0.39 is 70.5 Å². The summed E-state index contributed by atoms with van der Waals surface area (Å²) in [5.74, 6) is -5.51. The fourth-order valence-corrected chi connectivity index (χ4v) is 8.55. The van der Waals surface area contributed by atoms with Gasteiger partial charge < -0.3 is 24.1 Å². The van der Waals surface area contributed by atoms with Gasteiger partial charge in [-0.1, -0.05) is 56.0 Å². The summed E-state index contributed by atoms with van der Waals surface area (Å²) in [6, 6.07) is 12.6. The molecule has 2 saturated heterocycles. The van der Waals surface area contributed by atoms with Crippen molar-refractivity contribution >= 4 is 11.8 Å². The highest BCUT2D eigenvalue weighted by atomic mass is 19.1. The summed E-state index contributed by atoms with van der Waals surface area (Å²) in [6.45, 7) is 9.69. The number of carbonyl (C=O) groups excluding carboxylic acids is 2. The van der Waals surface area contributed by atoms with Gasteiger partial charge in [0.2, 0.25) is 0 Å². The maximum absolute atomic E-state index is 14.2. The van der Waals surface area contributed by atoms with E-state index in [1.807, 2.05) is 56.3 Å². The normalized spacial score (nSPS) is 37.8. The van der Waals surface area contributed by atoms with E-state index in [0.29, 0.717) is 17.6 Å². The first-order valence-electron chi connectivity index (χ1n) is 15.3. The second-order valence-corrected chi connectivity index (χ2v) is 13.4. The molecule has 3 fully saturated rings. The second-order valence-electron chi connectivity index (χ2n) is 13.4. The Morgan fingerprint density at radius 3 is 2.62 bits per heavy atom. The molecule has 3 bridgehead atoms. The van der Waals surface area contributed by atoms with Gasteiger partial charge in [-0.15, -0.1) is 0 Å². The van der Waals surface area contributed by atoms with Gasteiger partial charge in [0.15, 0.2) is 5.78 Å². The molecule has 0 amide bonds. The van der Waals surface area contributed by atoms with Crippen LogP contribution in [0.4, 0.5) is 8.78 Å². The fraction of sp³-hybridized carbons (Fsp3) is 0.444. The summed E-state index contributed by atoms with van der Waals surface area (Å²) >= 11 is 0. The summed E-state index contributed by atoms with van der Waals surface area (Å²) in [5.41, 5.74) is -1.36. The SMILES string of the molecule is C=C(C)[C@@]12C[C@@H](C)[C@@]34OC(Cc5ccccc5)(O[C@@H]1[C@@H]3C=C(COC(=O)Cc1cc(F)ccc1F)C[C@]1(O)C(=O)C(C)=C[C@@H]41)O2. The van der Waals surface area contributed by atoms with Crippen LogP contribution in [0, 0.1) is 29.4 Å². The van der Waals surface area contributed by atoms with Crippen molar-refractivity contribution < 1.29 is 42.4 Å². The Morgan fingerprint density at radius 1 is 1.13 bits per heavy atom. The van der Waals surface area contributed by atoms with Gasteiger partial charge in [-0.3, -0.25) is 9.59 Å². The number of carbonyl (C=O) groups is 2. The van der Waals surface area contributed by atoms with Gasteiger partial charge in [0.25, 0.3) is 5.97 Å². The van der Waals surface area contributed by atoms with Crippen LogP contribution in [0.2, 0.25) is 0 Å². The maximum Gasteiger partial charge on any atom is 0.310 e. The monoisotopic (exact) mass is 618 g/mol. The third-order valence-electron chi connectivity index (χ3n) is 10.5. The van der Waals surface area contributed by atoms with Gasteiger partial charge in [0.1, 0.15) is 35.5 Å². The summed E-state index contributed by atoms with van der Waals surface area (Å²) in [4.78, 5) is 26.5. The largest absolute Gasteiger partial charge is 0.461 e. The van der Waals surface area contributed by atoms with E-state index in [4.69, 9.17) is 18.9 Å². The van der Waals surface area contributed by atoms with Crippen LogP contribution in [0.5, 0.6) is 0 Å². The summed E-state index contributed by atoms with van der Waals surface area (Å²) in [5, 5.41) is 12.3. The maximum atomic E-state index is 14.2. The molecule has 1 saturated carbocycles. The lowest BCUT2D eigenvalue weighted by molar-refractivity contribution is -0.421. The number of benzene rings is 2. The number of fused-ring (bicyclic) bond motifs is 2. The average Bonchev–Trinajstić information content (AvgIpc) is 3.29. The van der Waals surface area contributed by atoms with Gasteiger partial charge in [-0.2, -0.15) is 0 Å². The second kappa shape index (κ2) is 10.3. The average molecular weight is 619 g/mol. The lowest BCUT2D eigenvalue weighted by Crippen LogP contribution is -2.70. The van der Waals surface area contributed by atoms with Crippen LogP contribution in [-0.4, -0.2) is 52.3 Å². The van der Waals surface area contributed by atoms with Crippen molar-refractivity contribution in [1.29, 1.82) is 0 Å². The molecule has 2 aromatic carbocycles. The predicted octanol–water partition coefficient (Wildman–Crippen LogP) is 5.31. The van der Waals surface area contributed by atoms with Crippen LogP contribution < -0.4 is 0 Å². The Kier molecular flexibility index (Phi) is 6.87. The fourth-order valence-electron chi connectivity index (χ4n) is 8.55. The number of ether oxygens (including phenoxy) is 4. The van der Waals surface area contributed by atoms with Crippen molar-refractivity contribution in [3.05, 3.63) is 107 Å². The third-order valence-corrected chi connectivity index (χ3v) is 10.5. The predicted molar refractivity (Wildman–Crippen MR) is 158 cm³/mol. The molecule has 8 atom stereocenters. The zero-order valence-electron chi connectivity index (χ0n) is 25.5. The zero-order valence-corrected chi connectivity index (χ0v) is 25.5. The van der Waals surface area contributed by atoms with Crippen LogP contribution in [0.3, 0.4) is 0 Å². The number of ketones is 1. The van der Waals surface area contributed by atoms with Gasteiger partial charge in [0.05, 0.1) is 18.4 Å². The topological polar surface area (TPSA) is 91.3 Å². The molecule has 236 valence electrons. The molecule has 0 spiro atoms. The number of esters is 1. The molecular formula is C36H36F2O7. The van der Waals surface area contributed by atoms with Gasteiger partial charge in [-0.05, 0) is 66.7 Å². The van der Waals surface area contributed by atoms with Gasteiger partial charge in [-0.25, -0.2) is 8.78 Å². The molecule has 7 nitrogen and oxygen atoms in total.